The van der Waals surface area contributed by atoms with Crippen molar-refractivity contribution >= 4 is 5.91 Å². The highest BCUT2D eigenvalue weighted by Gasteiger charge is 2.46. The second-order valence-electron chi connectivity index (χ2n) is 9.77. The molecule has 4 nitrogen and oxygen atoms in total. The van der Waals surface area contributed by atoms with Crippen molar-refractivity contribution in [3.63, 3.8) is 0 Å². The SMILES string of the molecule is CC(C)(C)CCN1CCC(C)(O)C(NC(=O)c2ccc(F)cc2)C1c1ccccc1. The number of rotatable bonds is 5. The average molecular weight is 413 g/mol. The fourth-order valence-electron chi connectivity index (χ4n) is 4.06. The molecule has 1 saturated heterocycles. The lowest BCUT2D eigenvalue weighted by molar-refractivity contribution is -0.0657. The molecule has 0 aliphatic carbocycles. The zero-order valence-electron chi connectivity index (χ0n) is 18.4. The zero-order chi connectivity index (χ0) is 21.9. The van der Waals surface area contributed by atoms with Gasteiger partial charge in [-0.15, -0.1) is 0 Å². The summed E-state index contributed by atoms with van der Waals surface area (Å²) in [7, 11) is 0. The summed E-state index contributed by atoms with van der Waals surface area (Å²) in [5, 5.41) is 14.3. The molecule has 162 valence electrons. The van der Waals surface area contributed by atoms with Crippen LogP contribution in [-0.2, 0) is 0 Å². The number of nitrogens with zero attached hydrogens (tertiary/aromatic N) is 1. The van der Waals surface area contributed by atoms with E-state index in [1.807, 2.05) is 30.3 Å². The van der Waals surface area contributed by atoms with Crippen LogP contribution in [0.5, 0.6) is 0 Å². The fourth-order valence-corrected chi connectivity index (χ4v) is 4.06. The quantitative estimate of drug-likeness (QED) is 0.757. The van der Waals surface area contributed by atoms with Crippen LogP contribution in [0.1, 0.15) is 62.5 Å². The molecule has 1 fully saturated rings. The predicted molar refractivity (Wildman–Crippen MR) is 118 cm³/mol. The van der Waals surface area contributed by atoms with Crippen LogP contribution < -0.4 is 5.32 Å². The normalized spacial score (nSPS) is 25.1. The van der Waals surface area contributed by atoms with Gasteiger partial charge in [0.1, 0.15) is 5.82 Å². The first kappa shape index (κ1) is 22.4. The summed E-state index contributed by atoms with van der Waals surface area (Å²) in [6, 6.07) is 14.9. The molecule has 3 rings (SSSR count). The summed E-state index contributed by atoms with van der Waals surface area (Å²) in [5.74, 6) is -0.689. The number of piperidine rings is 1. The summed E-state index contributed by atoms with van der Waals surface area (Å²) < 4.78 is 13.3. The smallest absolute Gasteiger partial charge is 0.251 e. The molecule has 1 aliphatic heterocycles. The monoisotopic (exact) mass is 412 g/mol. The Labute approximate surface area is 179 Å². The second-order valence-corrected chi connectivity index (χ2v) is 9.77. The van der Waals surface area contributed by atoms with Gasteiger partial charge in [0.2, 0.25) is 0 Å². The Morgan fingerprint density at radius 2 is 1.80 bits per heavy atom. The molecule has 2 aromatic rings. The van der Waals surface area contributed by atoms with Gasteiger partial charge in [0, 0.05) is 12.1 Å². The van der Waals surface area contributed by atoms with Crippen molar-refractivity contribution in [3.05, 3.63) is 71.5 Å². The molecule has 1 heterocycles. The lowest BCUT2D eigenvalue weighted by Crippen LogP contribution is -2.62. The van der Waals surface area contributed by atoms with Crippen LogP contribution in [0.15, 0.2) is 54.6 Å². The molecule has 0 aromatic heterocycles. The third-order valence-electron chi connectivity index (χ3n) is 5.97. The first-order valence-electron chi connectivity index (χ1n) is 10.6. The molecule has 5 heteroatoms. The van der Waals surface area contributed by atoms with Gasteiger partial charge < -0.3 is 10.4 Å². The number of halogens is 1. The molecule has 2 aromatic carbocycles. The van der Waals surface area contributed by atoms with Gasteiger partial charge in [-0.3, -0.25) is 9.69 Å². The number of hydrogen-bond donors (Lipinski definition) is 2. The van der Waals surface area contributed by atoms with Crippen molar-refractivity contribution in [2.45, 2.75) is 58.2 Å². The summed E-state index contributed by atoms with van der Waals surface area (Å²) in [6.07, 6.45) is 1.58. The number of nitrogens with one attached hydrogen (secondary N) is 1. The summed E-state index contributed by atoms with van der Waals surface area (Å²) in [5.41, 5.74) is 0.573. The van der Waals surface area contributed by atoms with Gasteiger partial charge in [-0.2, -0.15) is 0 Å². The minimum absolute atomic E-state index is 0.151. The highest BCUT2D eigenvalue weighted by molar-refractivity contribution is 5.94. The maximum atomic E-state index is 13.3. The second kappa shape index (κ2) is 8.86. The van der Waals surface area contributed by atoms with Crippen molar-refractivity contribution in [1.82, 2.24) is 10.2 Å². The Bertz CT molecular complexity index is 844. The Hall–Kier alpha value is -2.24. The van der Waals surface area contributed by atoms with E-state index in [1.165, 1.54) is 24.3 Å². The Morgan fingerprint density at radius 1 is 1.17 bits per heavy atom. The van der Waals surface area contributed by atoms with E-state index in [0.717, 1.165) is 25.1 Å². The summed E-state index contributed by atoms with van der Waals surface area (Å²) >= 11 is 0. The van der Waals surface area contributed by atoms with Crippen molar-refractivity contribution in [2.24, 2.45) is 5.41 Å². The molecule has 1 amide bonds. The minimum Gasteiger partial charge on any atom is -0.388 e. The molecule has 0 saturated carbocycles. The van der Waals surface area contributed by atoms with Crippen LogP contribution in [-0.4, -0.2) is 40.6 Å². The Balaban J connectivity index is 1.92. The van der Waals surface area contributed by atoms with Gasteiger partial charge in [-0.25, -0.2) is 4.39 Å². The van der Waals surface area contributed by atoms with E-state index >= 15 is 0 Å². The fraction of sp³-hybridized carbons (Fsp3) is 0.480. The van der Waals surface area contributed by atoms with E-state index in [4.69, 9.17) is 0 Å². The number of carbonyl (C=O) groups is 1. The highest BCUT2D eigenvalue weighted by atomic mass is 19.1. The van der Waals surface area contributed by atoms with Crippen molar-refractivity contribution in [3.8, 4) is 0 Å². The number of likely N-dealkylation sites (tertiary alicyclic amines) is 1. The van der Waals surface area contributed by atoms with Gasteiger partial charge in [-0.1, -0.05) is 51.1 Å². The molecule has 3 unspecified atom stereocenters. The standard InChI is InChI=1S/C25H33FN2O2/c1-24(2,3)14-16-28-17-15-25(4,30)22(21(28)18-8-6-5-7-9-18)27-23(29)19-10-12-20(26)13-11-19/h5-13,21-22,30H,14-17H2,1-4H3,(H,27,29). The molecule has 2 N–H and O–H groups in total. The summed E-state index contributed by atoms with van der Waals surface area (Å²) in [4.78, 5) is 15.3. The first-order valence-corrected chi connectivity index (χ1v) is 10.6. The van der Waals surface area contributed by atoms with E-state index < -0.39 is 11.6 Å². The Morgan fingerprint density at radius 3 is 2.40 bits per heavy atom. The van der Waals surface area contributed by atoms with E-state index in [2.05, 4.69) is 31.0 Å². The Kier molecular flexibility index (Phi) is 6.63. The maximum Gasteiger partial charge on any atom is 0.251 e. The van der Waals surface area contributed by atoms with Gasteiger partial charge in [0.25, 0.3) is 5.91 Å². The van der Waals surface area contributed by atoms with Crippen molar-refractivity contribution in [1.29, 1.82) is 0 Å². The molecule has 30 heavy (non-hydrogen) atoms. The highest BCUT2D eigenvalue weighted by Crippen LogP contribution is 2.38. The van der Waals surface area contributed by atoms with E-state index in [9.17, 15) is 14.3 Å². The number of hydrogen-bond acceptors (Lipinski definition) is 3. The lowest BCUT2D eigenvalue weighted by atomic mass is 9.79. The van der Waals surface area contributed by atoms with Crippen LogP contribution in [0, 0.1) is 11.2 Å². The van der Waals surface area contributed by atoms with Crippen LogP contribution in [0.2, 0.25) is 0 Å². The zero-order valence-corrected chi connectivity index (χ0v) is 18.4. The van der Waals surface area contributed by atoms with Crippen LogP contribution >= 0.6 is 0 Å². The van der Waals surface area contributed by atoms with Crippen molar-refractivity contribution in [2.75, 3.05) is 13.1 Å². The number of amides is 1. The van der Waals surface area contributed by atoms with E-state index in [-0.39, 0.29) is 23.2 Å². The molecule has 0 bridgehead atoms. The molecule has 1 aliphatic rings. The first-order chi connectivity index (χ1) is 14.1. The predicted octanol–water partition coefficient (Wildman–Crippen LogP) is 4.56. The molecule has 3 atom stereocenters. The third-order valence-corrected chi connectivity index (χ3v) is 5.97. The molecule has 0 radical (unpaired) electrons. The molecule has 0 spiro atoms. The number of carbonyl (C=O) groups excluding carboxylic acids is 1. The average Bonchev–Trinajstić information content (AvgIpc) is 2.68. The number of aliphatic hydroxyl groups is 1. The third kappa shape index (κ3) is 5.46. The van der Waals surface area contributed by atoms with Gasteiger partial charge in [0.05, 0.1) is 17.7 Å². The molecular formula is C25H33FN2O2. The van der Waals surface area contributed by atoms with E-state index in [1.54, 1.807) is 6.92 Å². The van der Waals surface area contributed by atoms with Gasteiger partial charge >= 0.3 is 0 Å². The number of benzene rings is 2. The van der Waals surface area contributed by atoms with Gasteiger partial charge in [0.15, 0.2) is 0 Å². The summed E-state index contributed by atoms with van der Waals surface area (Å²) in [6.45, 7) is 10.1. The van der Waals surface area contributed by atoms with Crippen LogP contribution in [0.25, 0.3) is 0 Å². The topological polar surface area (TPSA) is 52.6 Å². The van der Waals surface area contributed by atoms with Crippen molar-refractivity contribution < 1.29 is 14.3 Å². The molecular weight excluding hydrogens is 379 g/mol. The largest absolute Gasteiger partial charge is 0.388 e. The van der Waals surface area contributed by atoms with Crippen LogP contribution in [0.4, 0.5) is 4.39 Å². The maximum absolute atomic E-state index is 13.3. The minimum atomic E-state index is -1.06. The lowest BCUT2D eigenvalue weighted by Gasteiger charge is -2.49. The van der Waals surface area contributed by atoms with E-state index in [0.29, 0.717) is 12.0 Å². The van der Waals surface area contributed by atoms with Crippen LogP contribution in [0.3, 0.4) is 0 Å². The van der Waals surface area contributed by atoms with Gasteiger partial charge in [-0.05, 0) is 61.6 Å².